The third-order valence-electron chi connectivity index (χ3n) is 3.86. The smallest absolute Gasteiger partial charge is 0.156 e. The van der Waals surface area contributed by atoms with E-state index in [0.717, 1.165) is 34.5 Å². The Morgan fingerprint density at radius 1 is 1.04 bits per heavy atom. The van der Waals surface area contributed by atoms with Crippen molar-refractivity contribution in [1.29, 1.82) is 0 Å². The van der Waals surface area contributed by atoms with Crippen LogP contribution < -0.4 is 5.32 Å². The van der Waals surface area contributed by atoms with Crippen molar-refractivity contribution in [3.05, 3.63) is 77.7 Å². The van der Waals surface area contributed by atoms with Gasteiger partial charge in [0.15, 0.2) is 5.65 Å². The number of aromatic amines is 1. The lowest BCUT2D eigenvalue weighted by atomic mass is 10.1. The summed E-state index contributed by atoms with van der Waals surface area (Å²) in [6.07, 6.45) is 3.46. The van der Waals surface area contributed by atoms with E-state index >= 15 is 0 Å². The third kappa shape index (κ3) is 2.96. The van der Waals surface area contributed by atoms with E-state index in [1.807, 2.05) is 30.5 Å². The van der Waals surface area contributed by atoms with Crippen LogP contribution in [0.25, 0.3) is 22.3 Å². The monoisotopic (exact) mass is 334 g/mol. The molecule has 0 atom stereocenters. The second kappa shape index (κ2) is 6.34. The second-order valence-corrected chi connectivity index (χ2v) is 5.90. The molecule has 0 spiro atoms. The highest BCUT2D eigenvalue weighted by atomic mass is 35.5. The molecule has 0 radical (unpaired) electrons. The molecule has 4 nitrogen and oxygen atoms in total. The van der Waals surface area contributed by atoms with E-state index in [2.05, 4.69) is 50.6 Å². The fraction of sp³-hybridized carbons (Fsp3) is 0.0526. The molecular weight excluding hydrogens is 320 g/mol. The van der Waals surface area contributed by atoms with Gasteiger partial charge in [0, 0.05) is 24.0 Å². The number of nitrogens with one attached hydrogen (secondary N) is 2. The number of halogens is 1. The summed E-state index contributed by atoms with van der Waals surface area (Å²) < 4.78 is 0. The zero-order valence-corrected chi connectivity index (χ0v) is 13.6. The second-order valence-electron chi connectivity index (χ2n) is 5.51. The fourth-order valence-electron chi connectivity index (χ4n) is 2.69. The number of rotatable bonds is 4. The molecule has 0 bridgehead atoms. The summed E-state index contributed by atoms with van der Waals surface area (Å²) in [6, 6.07) is 18.6. The van der Waals surface area contributed by atoms with E-state index in [1.165, 1.54) is 5.56 Å². The number of nitrogens with zero attached hydrogens (tertiary/aromatic N) is 2. The zero-order valence-electron chi connectivity index (χ0n) is 12.8. The highest BCUT2D eigenvalue weighted by Crippen LogP contribution is 2.29. The highest BCUT2D eigenvalue weighted by molar-refractivity contribution is 6.29. The normalized spacial score (nSPS) is 10.9. The molecule has 2 aromatic carbocycles. The van der Waals surface area contributed by atoms with Crippen molar-refractivity contribution < 1.29 is 0 Å². The molecule has 0 aliphatic heterocycles. The van der Waals surface area contributed by atoms with Crippen molar-refractivity contribution in [1.82, 2.24) is 15.0 Å². The molecule has 0 unspecified atom stereocenters. The van der Waals surface area contributed by atoms with Gasteiger partial charge in [0.1, 0.15) is 10.7 Å². The first kappa shape index (κ1) is 14.7. The van der Waals surface area contributed by atoms with Crippen LogP contribution in [0.15, 0.2) is 67.0 Å². The first-order valence-corrected chi connectivity index (χ1v) is 8.05. The number of aromatic nitrogens is 3. The van der Waals surface area contributed by atoms with Gasteiger partial charge in [0.2, 0.25) is 0 Å². The van der Waals surface area contributed by atoms with E-state index < -0.39 is 0 Å². The lowest BCUT2D eigenvalue weighted by Gasteiger charge is -2.08. The summed E-state index contributed by atoms with van der Waals surface area (Å²) in [5.41, 5.74) is 5.87. The van der Waals surface area contributed by atoms with E-state index in [0.29, 0.717) is 5.15 Å². The predicted octanol–water partition coefficient (Wildman–Crippen LogP) is 4.89. The fourth-order valence-corrected chi connectivity index (χ4v) is 2.82. The molecule has 4 aromatic rings. The minimum absolute atomic E-state index is 0.390. The van der Waals surface area contributed by atoms with Crippen LogP contribution in [-0.2, 0) is 6.54 Å². The SMILES string of the molecule is Clc1cnc2[nH]cc(-c3cccc(NCc4ccccc4)c3)c2n1. The first-order chi connectivity index (χ1) is 11.8. The van der Waals surface area contributed by atoms with E-state index in [9.17, 15) is 0 Å². The average molecular weight is 335 g/mol. The van der Waals surface area contributed by atoms with Crippen LogP contribution in [0.1, 0.15) is 5.56 Å². The van der Waals surface area contributed by atoms with Gasteiger partial charge in [-0.3, -0.25) is 0 Å². The van der Waals surface area contributed by atoms with Gasteiger partial charge < -0.3 is 10.3 Å². The van der Waals surface area contributed by atoms with Crippen molar-refractivity contribution >= 4 is 28.5 Å². The van der Waals surface area contributed by atoms with Crippen molar-refractivity contribution in [2.75, 3.05) is 5.32 Å². The van der Waals surface area contributed by atoms with Crippen LogP contribution in [-0.4, -0.2) is 15.0 Å². The Kier molecular flexibility index (Phi) is 3.89. The maximum Gasteiger partial charge on any atom is 0.156 e. The van der Waals surface area contributed by atoms with E-state index in [-0.39, 0.29) is 0 Å². The lowest BCUT2D eigenvalue weighted by molar-refractivity contribution is 1.15. The van der Waals surface area contributed by atoms with Gasteiger partial charge in [0.25, 0.3) is 0 Å². The summed E-state index contributed by atoms with van der Waals surface area (Å²) in [7, 11) is 0. The molecule has 0 fully saturated rings. The van der Waals surface area contributed by atoms with Crippen LogP contribution in [0.2, 0.25) is 5.15 Å². The van der Waals surface area contributed by atoms with Gasteiger partial charge in [-0.05, 0) is 23.3 Å². The van der Waals surface area contributed by atoms with Crippen molar-refractivity contribution in [3.8, 4) is 11.1 Å². The van der Waals surface area contributed by atoms with Gasteiger partial charge in [0.05, 0.1) is 6.20 Å². The Balaban J connectivity index is 1.63. The maximum atomic E-state index is 5.98. The Morgan fingerprint density at radius 3 is 2.79 bits per heavy atom. The molecule has 0 saturated carbocycles. The molecule has 4 rings (SSSR count). The van der Waals surface area contributed by atoms with Gasteiger partial charge in [-0.1, -0.05) is 54.1 Å². The van der Waals surface area contributed by atoms with Crippen molar-refractivity contribution in [2.24, 2.45) is 0 Å². The standard InChI is InChI=1S/C19H15ClN4/c20-17-12-23-19-18(24-17)16(11-22-19)14-7-4-8-15(9-14)21-10-13-5-2-1-3-6-13/h1-9,11-12,21H,10H2,(H,22,23). The van der Waals surface area contributed by atoms with E-state index in [4.69, 9.17) is 11.6 Å². The molecule has 2 N–H and O–H groups in total. The molecule has 118 valence electrons. The molecule has 2 heterocycles. The Hall–Kier alpha value is -2.85. The van der Waals surface area contributed by atoms with E-state index in [1.54, 1.807) is 6.20 Å². The third-order valence-corrected chi connectivity index (χ3v) is 4.05. The number of anilines is 1. The Labute approximate surface area is 144 Å². The lowest BCUT2D eigenvalue weighted by Crippen LogP contribution is -1.98. The van der Waals surface area contributed by atoms with Gasteiger partial charge in [-0.2, -0.15) is 0 Å². The largest absolute Gasteiger partial charge is 0.381 e. The first-order valence-electron chi connectivity index (χ1n) is 7.67. The number of hydrogen-bond donors (Lipinski definition) is 2. The molecule has 0 aliphatic carbocycles. The van der Waals surface area contributed by atoms with Crippen LogP contribution in [0.3, 0.4) is 0 Å². The average Bonchev–Trinajstić information content (AvgIpc) is 3.04. The summed E-state index contributed by atoms with van der Waals surface area (Å²) in [5.74, 6) is 0. The maximum absolute atomic E-state index is 5.98. The quantitative estimate of drug-likeness (QED) is 0.558. The highest BCUT2D eigenvalue weighted by Gasteiger charge is 2.09. The Bertz CT molecular complexity index is 979. The van der Waals surface area contributed by atoms with Gasteiger partial charge in [-0.25, -0.2) is 9.97 Å². The van der Waals surface area contributed by atoms with Crippen LogP contribution >= 0.6 is 11.6 Å². The molecule has 0 aliphatic rings. The molecule has 0 amide bonds. The zero-order chi connectivity index (χ0) is 16.4. The minimum atomic E-state index is 0.390. The molecule has 2 aromatic heterocycles. The summed E-state index contributed by atoms with van der Waals surface area (Å²) in [4.78, 5) is 11.8. The number of H-pyrrole nitrogens is 1. The van der Waals surface area contributed by atoms with Gasteiger partial charge in [-0.15, -0.1) is 0 Å². The Morgan fingerprint density at radius 2 is 1.92 bits per heavy atom. The number of hydrogen-bond acceptors (Lipinski definition) is 3. The topological polar surface area (TPSA) is 53.6 Å². The van der Waals surface area contributed by atoms with Crippen LogP contribution in [0.5, 0.6) is 0 Å². The number of fused-ring (bicyclic) bond motifs is 1. The molecule has 24 heavy (non-hydrogen) atoms. The summed E-state index contributed by atoms with van der Waals surface area (Å²) >= 11 is 5.98. The molecular formula is C19H15ClN4. The van der Waals surface area contributed by atoms with Crippen LogP contribution in [0.4, 0.5) is 5.69 Å². The molecule has 5 heteroatoms. The van der Waals surface area contributed by atoms with Crippen molar-refractivity contribution in [2.45, 2.75) is 6.54 Å². The van der Waals surface area contributed by atoms with Crippen molar-refractivity contribution in [3.63, 3.8) is 0 Å². The van der Waals surface area contributed by atoms with Crippen LogP contribution in [0, 0.1) is 0 Å². The number of benzene rings is 2. The summed E-state index contributed by atoms with van der Waals surface area (Å²) in [6.45, 7) is 0.782. The minimum Gasteiger partial charge on any atom is -0.381 e. The predicted molar refractivity (Wildman–Crippen MR) is 98.1 cm³/mol. The van der Waals surface area contributed by atoms with Gasteiger partial charge >= 0.3 is 0 Å². The molecule has 0 saturated heterocycles. The summed E-state index contributed by atoms with van der Waals surface area (Å²) in [5, 5.41) is 3.84.